The quantitative estimate of drug-likeness (QED) is 0.112. The minimum absolute atomic E-state index is 0.120. The zero-order valence-corrected chi connectivity index (χ0v) is 20.2. The van der Waals surface area contributed by atoms with E-state index in [1.54, 1.807) is 0 Å². The minimum atomic E-state index is -0.469. The molecule has 0 aliphatic heterocycles. The molecule has 0 spiro atoms. The standard InChI is InChI=1S/C20H40BrFO9/c21-1-3-23-5-7-25-9-11-27-13-15-29-17-19-31-20-18-30-16-14-28-12-10-26-8-6-24-4-2-22/h1-20H2. The Hall–Kier alpha value is 0.0500. The van der Waals surface area contributed by atoms with Crippen molar-refractivity contribution in [3.05, 3.63) is 0 Å². The first-order valence-corrected chi connectivity index (χ1v) is 11.9. The van der Waals surface area contributed by atoms with Gasteiger partial charge >= 0.3 is 0 Å². The highest BCUT2D eigenvalue weighted by Crippen LogP contribution is 1.86. The molecule has 0 aliphatic rings. The summed E-state index contributed by atoms with van der Waals surface area (Å²) < 4.78 is 59.6. The monoisotopic (exact) mass is 522 g/mol. The second-order valence-electron chi connectivity index (χ2n) is 5.89. The van der Waals surface area contributed by atoms with Crippen molar-refractivity contribution in [1.82, 2.24) is 0 Å². The van der Waals surface area contributed by atoms with Crippen LogP contribution < -0.4 is 0 Å². The van der Waals surface area contributed by atoms with Crippen LogP contribution in [0.5, 0.6) is 0 Å². The SMILES string of the molecule is FCCOCCOCCOCCOCCOCCOCCOCCOCCOCCBr. The lowest BCUT2D eigenvalue weighted by atomic mass is 10.6. The van der Waals surface area contributed by atoms with E-state index < -0.39 is 6.67 Å². The summed E-state index contributed by atoms with van der Waals surface area (Å²) in [6.07, 6.45) is 0. The Morgan fingerprint density at radius 2 is 0.516 bits per heavy atom. The van der Waals surface area contributed by atoms with Crippen molar-refractivity contribution in [3.8, 4) is 0 Å². The molecule has 0 amide bonds. The molecule has 0 fully saturated rings. The van der Waals surface area contributed by atoms with Gasteiger partial charge < -0.3 is 42.6 Å². The van der Waals surface area contributed by atoms with Crippen LogP contribution in [0.25, 0.3) is 0 Å². The lowest BCUT2D eigenvalue weighted by Crippen LogP contribution is -2.15. The topological polar surface area (TPSA) is 83.1 Å². The van der Waals surface area contributed by atoms with Gasteiger partial charge in [-0.05, 0) is 0 Å². The molecule has 0 aliphatic carbocycles. The summed E-state index contributed by atoms with van der Waals surface area (Å²) in [5, 5.41) is 0.838. The number of hydrogen-bond acceptors (Lipinski definition) is 9. The summed E-state index contributed by atoms with van der Waals surface area (Å²) >= 11 is 3.29. The summed E-state index contributed by atoms with van der Waals surface area (Å²) in [6, 6.07) is 0. The molecular formula is C20H40BrFO9. The van der Waals surface area contributed by atoms with Crippen LogP contribution in [0.1, 0.15) is 0 Å². The smallest absolute Gasteiger partial charge is 0.113 e. The molecule has 0 aromatic carbocycles. The lowest BCUT2D eigenvalue weighted by molar-refractivity contribution is -0.0249. The molecule has 0 aromatic rings. The molecular weight excluding hydrogens is 483 g/mol. The highest BCUT2D eigenvalue weighted by atomic mass is 79.9. The van der Waals surface area contributed by atoms with Crippen LogP contribution in [-0.2, 0) is 42.6 Å². The zero-order chi connectivity index (χ0) is 22.5. The fourth-order valence-corrected chi connectivity index (χ4v) is 2.20. The molecule has 0 heterocycles. The van der Waals surface area contributed by atoms with Gasteiger partial charge in [-0.2, -0.15) is 0 Å². The molecule has 11 heteroatoms. The van der Waals surface area contributed by atoms with Gasteiger partial charge in [0, 0.05) is 5.33 Å². The maximum atomic E-state index is 11.8. The van der Waals surface area contributed by atoms with E-state index in [1.807, 2.05) is 0 Å². The van der Waals surface area contributed by atoms with Crippen molar-refractivity contribution in [3.63, 3.8) is 0 Å². The fourth-order valence-electron chi connectivity index (χ4n) is 1.97. The van der Waals surface area contributed by atoms with Crippen molar-refractivity contribution >= 4 is 15.9 Å². The van der Waals surface area contributed by atoms with Crippen molar-refractivity contribution in [2.75, 3.05) is 131 Å². The van der Waals surface area contributed by atoms with Crippen LogP contribution in [0.2, 0.25) is 0 Å². The van der Waals surface area contributed by atoms with E-state index in [4.69, 9.17) is 42.6 Å². The highest BCUT2D eigenvalue weighted by molar-refractivity contribution is 9.09. The molecule has 0 N–H and O–H groups in total. The van der Waals surface area contributed by atoms with Gasteiger partial charge in [-0.1, -0.05) is 15.9 Å². The number of hydrogen-bond donors (Lipinski definition) is 0. The molecule has 0 saturated heterocycles. The number of alkyl halides is 2. The summed E-state index contributed by atoms with van der Waals surface area (Å²) in [5.41, 5.74) is 0. The van der Waals surface area contributed by atoms with E-state index in [0.29, 0.717) is 112 Å². The maximum Gasteiger partial charge on any atom is 0.113 e. The van der Waals surface area contributed by atoms with Crippen LogP contribution >= 0.6 is 15.9 Å². The molecule has 0 rings (SSSR count). The van der Waals surface area contributed by atoms with Crippen molar-refractivity contribution in [2.45, 2.75) is 0 Å². The first kappa shape index (κ1) is 31.0. The van der Waals surface area contributed by atoms with Gasteiger partial charge in [-0.25, -0.2) is 4.39 Å². The molecule has 0 aromatic heterocycles. The fraction of sp³-hybridized carbons (Fsp3) is 1.00. The Balaban J connectivity index is 2.98. The van der Waals surface area contributed by atoms with Gasteiger partial charge in [0.25, 0.3) is 0 Å². The second-order valence-corrected chi connectivity index (χ2v) is 6.68. The normalized spacial score (nSPS) is 11.4. The van der Waals surface area contributed by atoms with Crippen LogP contribution in [0.15, 0.2) is 0 Å². The summed E-state index contributed by atoms with van der Waals surface area (Å²) in [4.78, 5) is 0. The van der Waals surface area contributed by atoms with Gasteiger partial charge in [-0.3, -0.25) is 0 Å². The van der Waals surface area contributed by atoms with Gasteiger partial charge in [-0.15, -0.1) is 0 Å². The zero-order valence-electron chi connectivity index (χ0n) is 18.6. The first-order chi connectivity index (χ1) is 15.4. The second kappa shape index (κ2) is 30.0. The molecule has 31 heavy (non-hydrogen) atoms. The van der Waals surface area contributed by atoms with E-state index in [0.717, 1.165) is 5.33 Å². The third-order valence-electron chi connectivity index (χ3n) is 3.42. The van der Waals surface area contributed by atoms with Gasteiger partial charge in [0.15, 0.2) is 0 Å². The summed E-state index contributed by atoms with van der Waals surface area (Å²) in [6.45, 7) is 8.56. The third-order valence-corrected chi connectivity index (χ3v) is 3.74. The molecule has 9 nitrogen and oxygen atoms in total. The van der Waals surface area contributed by atoms with E-state index in [1.165, 1.54) is 0 Å². The largest absolute Gasteiger partial charge is 0.378 e. The van der Waals surface area contributed by atoms with Gasteiger partial charge in [0.2, 0.25) is 0 Å². The average molecular weight is 523 g/mol. The predicted octanol–water partition coefficient (Wildman–Crippen LogP) is 1.50. The van der Waals surface area contributed by atoms with Crippen LogP contribution in [0, 0.1) is 0 Å². The molecule has 0 unspecified atom stereocenters. The molecule has 0 atom stereocenters. The van der Waals surface area contributed by atoms with E-state index >= 15 is 0 Å². The number of rotatable bonds is 28. The van der Waals surface area contributed by atoms with E-state index in [-0.39, 0.29) is 6.61 Å². The van der Waals surface area contributed by atoms with Crippen LogP contribution in [0.4, 0.5) is 4.39 Å². The van der Waals surface area contributed by atoms with Crippen molar-refractivity contribution in [1.29, 1.82) is 0 Å². The predicted molar refractivity (Wildman–Crippen MR) is 117 cm³/mol. The van der Waals surface area contributed by atoms with Crippen molar-refractivity contribution in [2.24, 2.45) is 0 Å². The third kappa shape index (κ3) is 30.1. The molecule has 188 valence electrons. The number of ether oxygens (including phenoxy) is 9. The van der Waals surface area contributed by atoms with Crippen LogP contribution in [0.3, 0.4) is 0 Å². The first-order valence-electron chi connectivity index (χ1n) is 10.7. The Labute approximate surface area is 194 Å². The van der Waals surface area contributed by atoms with E-state index in [2.05, 4.69) is 15.9 Å². The molecule has 0 radical (unpaired) electrons. The Morgan fingerprint density at radius 3 is 0.710 bits per heavy atom. The molecule has 0 bridgehead atoms. The maximum absolute atomic E-state index is 11.8. The van der Waals surface area contributed by atoms with E-state index in [9.17, 15) is 4.39 Å². The molecule has 0 saturated carbocycles. The minimum Gasteiger partial charge on any atom is -0.378 e. The summed E-state index contributed by atoms with van der Waals surface area (Å²) in [5.74, 6) is 0. The average Bonchev–Trinajstić information content (AvgIpc) is 2.78. The summed E-state index contributed by atoms with van der Waals surface area (Å²) in [7, 11) is 0. The van der Waals surface area contributed by atoms with Gasteiger partial charge in [0.1, 0.15) is 6.67 Å². The lowest BCUT2D eigenvalue weighted by Gasteiger charge is -2.08. The van der Waals surface area contributed by atoms with Crippen LogP contribution in [-0.4, -0.2) is 131 Å². The van der Waals surface area contributed by atoms with Crippen molar-refractivity contribution < 1.29 is 47.0 Å². The number of halogens is 2. The Morgan fingerprint density at radius 1 is 0.323 bits per heavy atom. The Bertz CT molecular complexity index is 292. The Kier molecular flexibility index (Phi) is 30.1. The highest BCUT2D eigenvalue weighted by Gasteiger charge is 1.95. The van der Waals surface area contributed by atoms with Gasteiger partial charge in [0.05, 0.1) is 119 Å².